The Hall–Kier alpha value is -3.17. The SMILES string of the molecule is C#CCN1CCC(NC(=O)c2n[nH]c3ccc(-c4cccnc4)cc23)CC1. The van der Waals surface area contributed by atoms with Crippen LogP contribution in [0, 0.1) is 12.3 Å². The number of H-pyrrole nitrogens is 1. The standard InChI is InChI=1S/C21H21N5O/c1-2-10-26-11-7-17(8-12-26)23-21(27)20-18-13-15(5-6-19(18)24-25-20)16-4-3-9-22-14-16/h1,3-6,9,13-14,17H,7-8,10-12H2,(H,23,27)(H,24,25). The van der Waals surface area contributed by atoms with Crippen LogP contribution in [-0.2, 0) is 0 Å². The molecule has 0 saturated carbocycles. The fraction of sp³-hybridized carbons (Fsp3) is 0.286. The first-order valence-electron chi connectivity index (χ1n) is 9.10. The molecule has 1 aromatic carbocycles. The van der Waals surface area contributed by atoms with E-state index < -0.39 is 0 Å². The molecule has 2 aromatic heterocycles. The summed E-state index contributed by atoms with van der Waals surface area (Å²) in [5, 5.41) is 11.1. The van der Waals surface area contributed by atoms with Gasteiger partial charge in [-0.3, -0.25) is 19.8 Å². The molecular weight excluding hydrogens is 338 g/mol. The van der Waals surface area contributed by atoms with Crippen molar-refractivity contribution in [2.75, 3.05) is 19.6 Å². The Morgan fingerprint density at radius 2 is 2.15 bits per heavy atom. The summed E-state index contributed by atoms with van der Waals surface area (Å²) in [5.41, 5.74) is 3.29. The number of nitrogens with zero attached hydrogens (tertiary/aromatic N) is 3. The molecule has 1 saturated heterocycles. The number of benzene rings is 1. The molecule has 136 valence electrons. The molecule has 1 aliphatic heterocycles. The minimum atomic E-state index is -0.139. The molecule has 4 rings (SSSR count). The van der Waals surface area contributed by atoms with E-state index in [2.05, 4.69) is 31.3 Å². The summed E-state index contributed by atoms with van der Waals surface area (Å²) in [6, 6.07) is 9.98. The van der Waals surface area contributed by atoms with Crippen LogP contribution < -0.4 is 5.32 Å². The molecule has 6 nitrogen and oxygen atoms in total. The Morgan fingerprint density at radius 1 is 1.30 bits per heavy atom. The molecule has 0 radical (unpaired) electrons. The quantitative estimate of drug-likeness (QED) is 0.702. The second kappa shape index (κ2) is 7.60. The molecule has 0 unspecified atom stereocenters. The monoisotopic (exact) mass is 359 g/mol. The maximum Gasteiger partial charge on any atom is 0.272 e. The average molecular weight is 359 g/mol. The number of aromatic amines is 1. The van der Waals surface area contributed by atoms with E-state index in [-0.39, 0.29) is 11.9 Å². The van der Waals surface area contributed by atoms with Gasteiger partial charge in [-0.25, -0.2) is 0 Å². The first-order chi connectivity index (χ1) is 13.2. The maximum absolute atomic E-state index is 12.8. The van der Waals surface area contributed by atoms with Gasteiger partial charge in [-0.15, -0.1) is 6.42 Å². The van der Waals surface area contributed by atoms with E-state index in [1.54, 1.807) is 6.20 Å². The van der Waals surface area contributed by atoms with Crippen molar-refractivity contribution in [2.45, 2.75) is 18.9 Å². The van der Waals surface area contributed by atoms with E-state index in [9.17, 15) is 4.79 Å². The van der Waals surface area contributed by atoms with Crippen LogP contribution in [0.2, 0.25) is 0 Å². The summed E-state index contributed by atoms with van der Waals surface area (Å²) in [4.78, 5) is 19.2. The van der Waals surface area contributed by atoms with Crippen molar-refractivity contribution in [1.29, 1.82) is 0 Å². The van der Waals surface area contributed by atoms with Crippen LogP contribution in [0.25, 0.3) is 22.0 Å². The molecule has 1 amide bonds. The van der Waals surface area contributed by atoms with Gasteiger partial charge in [0, 0.05) is 42.5 Å². The zero-order chi connectivity index (χ0) is 18.6. The van der Waals surface area contributed by atoms with Crippen LogP contribution in [0.1, 0.15) is 23.3 Å². The van der Waals surface area contributed by atoms with Gasteiger partial charge in [0.25, 0.3) is 5.91 Å². The minimum Gasteiger partial charge on any atom is -0.348 e. The first kappa shape index (κ1) is 17.3. The van der Waals surface area contributed by atoms with E-state index >= 15 is 0 Å². The molecule has 1 aliphatic rings. The van der Waals surface area contributed by atoms with Crippen molar-refractivity contribution in [1.82, 2.24) is 25.4 Å². The maximum atomic E-state index is 12.8. The van der Waals surface area contributed by atoms with Crippen LogP contribution in [0.3, 0.4) is 0 Å². The fourth-order valence-electron chi connectivity index (χ4n) is 3.52. The first-order valence-corrected chi connectivity index (χ1v) is 9.10. The number of aromatic nitrogens is 3. The summed E-state index contributed by atoms with van der Waals surface area (Å²) in [6.07, 6.45) is 10.7. The highest BCUT2D eigenvalue weighted by atomic mass is 16.2. The lowest BCUT2D eigenvalue weighted by atomic mass is 10.0. The number of carbonyl (C=O) groups excluding carboxylic acids is 1. The van der Waals surface area contributed by atoms with Crippen molar-refractivity contribution < 1.29 is 4.79 Å². The highest BCUT2D eigenvalue weighted by molar-refractivity contribution is 6.05. The van der Waals surface area contributed by atoms with E-state index in [4.69, 9.17) is 6.42 Å². The molecule has 3 aromatic rings. The number of rotatable bonds is 4. The van der Waals surface area contributed by atoms with Gasteiger partial charge in [-0.2, -0.15) is 5.10 Å². The predicted octanol–water partition coefficient (Wildman–Crippen LogP) is 2.45. The Kier molecular flexibility index (Phi) is 4.86. The van der Waals surface area contributed by atoms with Gasteiger partial charge in [-0.1, -0.05) is 18.1 Å². The Bertz CT molecular complexity index is 981. The molecule has 0 spiro atoms. The van der Waals surface area contributed by atoms with E-state index in [1.165, 1.54) is 0 Å². The number of carbonyl (C=O) groups is 1. The molecule has 3 heterocycles. The number of hydrogen-bond acceptors (Lipinski definition) is 4. The van der Waals surface area contributed by atoms with Crippen molar-refractivity contribution in [3.8, 4) is 23.5 Å². The van der Waals surface area contributed by atoms with E-state index in [1.807, 2.05) is 36.5 Å². The Labute approximate surface area is 158 Å². The number of piperidine rings is 1. The van der Waals surface area contributed by atoms with E-state index in [0.717, 1.165) is 48.0 Å². The van der Waals surface area contributed by atoms with E-state index in [0.29, 0.717) is 12.2 Å². The molecule has 27 heavy (non-hydrogen) atoms. The number of nitrogens with one attached hydrogen (secondary N) is 2. The third-order valence-corrected chi connectivity index (χ3v) is 5.01. The fourth-order valence-corrected chi connectivity index (χ4v) is 3.52. The predicted molar refractivity (Wildman–Crippen MR) is 105 cm³/mol. The smallest absolute Gasteiger partial charge is 0.272 e. The molecule has 0 atom stereocenters. The van der Waals surface area contributed by atoms with Crippen molar-refractivity contribution in [3.05, 3.63) is 48.4 Å². The lowest BCUT2D eigenvalue weighted by Crippen LogP contribution is -2.44. The van der Waals surface area contributed by atoms with Gasteiger partial charge < -0.3 is 5.32 Å². The largest absolute Gasteiger partial charge is 0.348 e. The third-order valence-electron chi connectivity index (χ3n) is 5.01. The number of amides is 1. The zero-order valence-corrected chi connectivity index (χ0v) is 15.0. The number of pyridine rings is 1. The van der Waals surface area contributed by atoms with Crippen LogP contribution >= 0.6 is 0 Å². The zero-order valence-electron chi connectivity index (χ0n) is 15.0. The number of fused-ring (bicyclic) bond motifs is 1. The summed E-state index contributed by atoms with van der Waals surface area (Å²) in [6.45, 7) is 2.48. The van der Waals surface area contributed by atoms with Gasteiger partial charge in [0.05, 0.1) is 12.1 Å². The van der Waals surface area contributed by atoms with Crippen LogP contribution in [0.5, 0.6) is 0 Å². The van der Waals surface area contributed by atoms with Crippen LogP contribution in [-0.4, -0.2) is 51.7 Å². The molecule has 0 aliphatic carbocycles. The summed E-state index contributed by atoms with van der Waals surface area (Å²) in [7, 11) is 0. The summed E-state index contributed by atoms with van der Waals surface area (Å²) in [5.74, 6) is 2.54. The van der Waals surface area contributed by atoms with Gasteiger partial charge in [-0.05, 0) is 36.6 Å². The number of hydrogen-bond donors (Lipinski definition) is 2. The molecule has 1 fully saturated rings. The lowest BCUT2D eigenvalue weighted by Gasteiger charge is -2.30. The van der Waals surface area contributed by atoms with Crippen molar-refractivity contribution in [3.63, 3.8) is 0 Å². The van der Waals surface area contributed by atoms with Gasteiger partial charge in [0.15, 0.2) is 5.69 Å². The minimum absolute atomic E-state index is 0.139. The van der Waals surface area contributed by atoms with Crippen LogP contribution in [0.4, 0.5) is 0 Å². The lowest BCUT2D eigenvalue weighted by molar-refractivity contribution is 0.0911. The van der Waals surface area contributed by atoms with Gasteiger partial charge in [0.1, 0.15) is 0 Å². The van der Waals surface area contributed by atoms with Crippen molar-refractivity contribution >= 4 is 16.8 Å². The highest BCUT2D eigenvalue weighted by Gasteiger charge is 2.22. The molecule has 6 heteroatoms. The number of likely N-dealkylation sites (tertiary alicyclic amines) is 1. The normalized spacial score (nSPS) is 15.5. The molecular formula is C21H21N5O. The molecule has 0 bridgehead atoms. The Morgan fingerprint density at radius 3 is 2.89 bits per heavy atom. The third kappa shape index (κ3) is 3.69. The Balaban J connectivity index is 1.52. The highest BCUT2D eigenvalue weighted by Crippen LogP contribution is 2.25. The summed E-state index contributed by atoms with van der Waals surface area (Å²) < 4.78 is 0. The molecule has 2 N–H and O–H groups in total. The topological polar surface area (TPSA) is 73.9 Å². The van der Waals surface area contributed by atoms with Crippen molar-refractivity contribution in [2.24, 2.45) is 0 Å². The second-order valence-corrected chi connectivity index (χ2v) is 6.80. The van der Waals surface area contributed by atoms with Gasteiger partial charge >= 0.3 is 0 Å². The van der Waals surface area contributed by atoms with Crippen LogP contribution in [0.15, 0.2) is 42.7 Å². The van der Waals surface area contributed by atoms with Gasteiger partial charge in [0.2, 0.25) is 0 Å². The average Bonchev–Trinajstić information content (AvgIpc) is 3.14. The number of terminal acetylenes is 1. The second-order valence-electron chi connectivity index (χ2n) is 6.80. The summed E-state index contributed by atoms with van der Waals surface area (Å²) >= 11 is 0.